The maximum atomic E-state index is 6.86. The molecule has 0 radical (unpaired) electrons. The molecule has 3 aromatic carbocycles. The fraction of sp³-hybridized carbons (Fsp3) is 0.143. The van der Waals surface area contributed by atoms with E-state index in [1.807, 2.05) is 0 Å². The van der Waals surface area contributed by atoms with E-state index < -0.39 is 7.92 Å². The van der Waals surface area contributed by atoms with Gasteiger partial charge in [0.15, 0.2) is 0 Å². The van der Waals surface area contributed by atoms with Crippen LogP contribution < -0.4 is 0 Å². The molecule has 26 heavy (non-hydrogen) atoms. The Kier molecular flexibility index (Phi) is 11.3. The minimum Gasteiger partial charge on any atom is -0.108 e. The third kappa shape index (κ3) is 8.44. The minimum atomic E-state index is -0.502. The zero-order valence-corrected chi connectivity index (χ0v) is 17.0. The van der Waals surface area contributed by atoms with Gasteiger partial charge in [-0.1, -0.05) is 91.0 Å². The molecule has 0 fully saturated rings. The van der Waals surface area contributed by atoms with Gasteiger partial charge in [0.1, 0.15) is 0 Å². The van der Waals surface area contributed by atoms with Crippen molar-refractivity contribution in [1.82, 2.24) is 0 Å². The van der Waals surface area contributed by atoms with Crippen molar-refractivity contribution in [2.24, 2.45) is 0 Å². The quantitative estimate of drug-likeness (QED) is 0.142. The van der Waals surface area contributed by atoms with E-state index in [2.05, 4.69) is 91.0 Å². The van der Waals surface area contributed by atoms with Crippen LogP contribution in [0.2, 0.25) is 0 Å². The van der Waals surface area contributed by atoms with Gasteiger partial charge in [-0.05, 0) is 27.1 Å². The van der Waals surface area contributed by atoms with E-state index in [0.29, 0.717) is 0 Å². The largest absolute Gasteiger partial charge is 2.00 e. The molecule has 3 aromatic rings. The molecule has 0 atom stereocenters. The predicted octanol–water partition coefficient (Wildman–Crippen LogP) is 6.67. The van der Waals surface area contributed by atoms with Crippen LogP contribution in [-0.2, 0) is 38.9 Å². The minimum absolute atomic E-state index is 0. The van der Waals surface area contributed by atoms with Crippen molar-refractivity contribution in [1.29, 1.82) is 5.53 Å². The average Bonchev–Trinajstić information content (AvgIpc) is 2.65. The summed E-state index contributed by atoms with van der Waals surface area (Å²) in [4.78, 5) is 1.75. The molecule has 0 saturated heterocycles. The van der Waals surface area contributed by atoms with Crippen molar-refractivity contribution in [3.63, 3.8) is 0 Å². The predicted molar refractivity (Wildman–Crippen MR) is 108 cm³/mol. The topological polar surface area (TPSA) is 60.3 Å². The molecule has 0 heterocycles. The summed E-state index contributed by atoms with van der Waals surface area (Å²) in [5.41, 5.74) is 16.7. The number of hydrogen-bond donors (Lipinski definition) is 1. The second-order valence-electron chi connectivity index (χ2n) is 5.84. The summed E-state index contributed by atoms with van der Waals surface area (Å²) in [6, 6.07) is 32.8. The molecule has 0 unspecified atom stereocenters. The SMILES string of the molecule is [N-]=[N+]=N.[Pd+2].c1ccc(C[PH+](Cc2ccccc2)Cc2ccccc2)cc1. The van der Waals surface area contributed by atoms with E-state index in [9.17, 15) is 0 Å². The number of benzene rings is 3. The first-order valence-electron chi connectivity index (χ1n) is 8.28. The van der Waals surface area contributed by atoms with Crippen LogP contribution in [0.1, 0.15) is 16.7 Å². The summed E-state index contributed by atoms with van der Waals surface area (Å²) >= 11 is 0. The first kappa shape index (κ1) is 22.1. The van der Waals surface area contributed by atoms with Crippen molar-refractivity contribution in [2.45, 2.75) is 18.5 Å². The molecular weight excluding hydrogens is 432 g/mol. The zero-order valence-electron chi connectivity index (χ0n) is 14.5. The van der Waals surface area contributed by atoms with Crippen LogP contribution in [0.15, 0.2) is 91.0 Å². The van der Waals surface area contributed by atoms with E-state index in [1.54, 1.807) is 4.91 Å². The van der Waals surface area contributed by atoms with Crippen molar-refractivity contribution in [3.8, 4) is 0 Å². The van der Waals surface area contributed by atoms with E-state index in [0.717, 1.165) is 0 Å². The Hall–Kier alpha value is -1.94. The van der Waals surface area contributed by atoms with Gasteiger partial charge in [-0.3, -0.25) is 0 Å². The Bertz CT molecular complexity index is 662. The summed E-state index contributed by atoms with van der Waals surface area (Å²) in [7, 11) is -0.502. The van der Waals surface area contributed by atoms with Gasteiger partial charge in [-0.2, -0.15) is 0 Å². The normalized spacial score (nSPS) is 9.42. The van der Waals surface area contributed by atoms with Gasteiger partial charge in [0, 0.05) is 7.92 Å². The fourth-order valence-corrected chi connectivity index (χ4v) is 5.66. The summed E-state index contributed by atoms with van der Waals surface area (Å²) in [6.45, 7) is 0. The second-order valence-corrected chi connectivity index (χ2v) is 8.40. The maximum absolute atomic E-state index is 6.86. The molecule has 0 amide bonds. The molecule has 0 bridgehead atoms. The van der Waals surface area contributed by atoms with Crippen molar-refractivity contribution < 1.29 is 20.4 Å². The molecule has 0 aliphatic heterocycles. The first-order valence-corrected chi connectivity index (χ1v) is 10.4. The van der Waals surface area contributed by atoms with Gasteiger partial charge >= 0.3 is 20.4 Å². The van der Waals surface area contributed by atoms with Gasteiger partial charge in [0.05, 0.1) is 18.5 Å². The molecule has 0 spiro atoms. The van der Waals surface area contributed by atoms with Gasteiger partial charge in [0.25, 0.3) is 0 Å². The maximum Gasteiger partial charge on any atom is 2.00 e. The van der Waals surface area contributed by atoms with Crippen LogP contribution in [0.5, 0.6) is 0 Å². The Morgan fingerprint density at radius 1 is 0.615 bits per heavy atom. The molecule has 134 valence electrons. The zero-order chi connectivity index (χ0) is 17.7. The third-order valence-corrected chi connectivity index (χ3v) is 6.62. The van der Waals surface area contributed by atoms with Gasteiger partial charge < -0.3 is 0 Å². The molecule has 0 saturated carbocycles. The Morgan fingerprint density at radius 3 is 1.08 bits per heavy atom. The van der Waals surface area contributed by atoms with Gasteiger partial charge in [-0.15, -0.1) is 5.53 Å². The fourth-order valence-electron chi connectivity index (χ4n) is 2.84. The molecule has 0 aromatic heterocycles. The molecule has 0 aliphatic carbocycles. The van der Waals surface area contributed by atoms with Crippen LogP contribution >= 0.6 is 7.92 Å². The van der Waals surface area contributed by atoms with Crippen LogP contribution in [0.3, 0.4) is 0 Å². The van der Waals surface area contributed by atoms with Crippen LogP contribution in [0.25, 0.3) is 10.4 Å². The van der Waals surface area contributed by atoms with Gasteiger partial charge in [0.2, 0.25) is 0 Å². The van der Waals surface area contributed by atoms with Crippen molar-refractivity contribution >= 4 is 7.92 Å². The Morgan fingerprint density at radius 2 is 0.846 bits per heavy atom. The molecule has 3 nitrogen and oxygen atoms in total. The Labute approximate surface area is 170 Å². The summed E-state index contributed by atoms with van der Waals surface area (Å²) in [5, 5.41) is 0. The number of nitrogens with one attached hydrogen (secondary N) is 1. The standard InChI is InChI=1S/C21H21P.HN3.Pd/c1-4-10-19(11-5-1)16-22(17-20-12-6-2-7-13-20)18-21-14-8-3-9-15-21;1-3-2;/h1-15H,16-18H2;1H;/q;;+2/p+1. The molecule has 3 rings (SSSR count). The Balaban J connectivity index is 0.000000791. The summed E-state index contributed by atoms with van der Waals surface area (Å²) in [5.74, 6) is 0. The van der Waals surface area contributed by atoms with Crippen LogP contribution in [0.4, 0.5) is 0 Å². The van der Waals surface area contributed by atoms with Crippen LogP contribution in [-0.4, -0.2) is 0 Å². The average molecular weight is 455 g/mol. The molecule has 5 heteroatoms. The van der Waals surface area contributed by atoms with E-state index >= 15 is 0 Å². The van der Waals surface area contributed by atoms with E-state index in [4.69, 9.17) is 11.1 Å². The smallest absolute Gasteiger partial charge is 0.108 e. The molecular formula is C21H23N3PPd+3. The first-order chi connectivity index (χ1) is 12.3. The summed E-state index contributed by atoms with van der Waals surface area (Å²) < 4.78 is 0. The van der Waals surface area contributed by atoms with Crippen molar-refractivity contribution in [2.75, 3.05) is 0 Å². The van der Waals surface area contributed by atoms with Crippen LogP contribution in [0, 0.1) is 5.53 Å². The number of rotatable bonds is 6. The second kappa shape index (κ2) is 13.3. The monoisotopic (exact) mass is 454 g/mol. The number of hydrogen-bond acceptors (Lipinski definition) is 1. The van der Waals surface area contributed by atoms with Crippen molar-refractivity contribution in [3.05, 3.63) is 118 Å². The summed E-state index contributed by atoms with van der Waals surface area (Å²) in [6.07, 6.45) is 3.69. The third-order valence-electron chi connectivity index (χ3n) is 3.89. The number of nitrogens with zero attached hydrogens (tertiary/aromatic N) is 2. The van der Waals surface area contributed by atoms with E-state index in [1.165, 1.54) is 35.2 Å². The van der Waals surface area contributed by atoms with Gasteiger partial charge in [-0.25, -0.2) is 0 Å². The molecule has 0 aliphatic rings. The molecule has 1 N–H and O–H groups in total. The van der Waals surface area contributed by atoms with E-state index in [-0.39, 0.29) is 20.4 Å².